The van der Waals surface area contributed by atoms with Crippen LogP contribution < -0.4 is 5.32 Å². The van der Waals surface area contributed by atoms with Crippen LogP contribution in [0.3, 0.4) is 0 Å². The van der Waals surface area contributed by atoms with E-state index in [1.54, 1.807) is 12.1 Å². The minimum absolute atomic E-state index is 0.0921. The van der Waals surface area contributed by atoms with Crippen LogP contribution in [-0.2, 0) is 5.54 Å². The van der Waals surface area contributed by atoms with Crippen LogP contribution >= 0.6 is 15.9 Å². The summed E-state index contributed by atoms with van der Waals surface area (Å²) in [7, 11) is 0. The third-order valence-corrected chi connectivity index (χ3v) is 3.57. The Morgan fingerprint density at radius 2 is 1.89 bits per heavy atom. The molecule has 100 valence electrons. The molecule has 0 heterocycles. The second kappa shape index (κ2) is 5.72. The number of aliphatic hydroxyl groups excluding tert-OH is 1. The molecule has 0 aliphatic heterocycles. The van der Waals surface area contributed by atoms with Crippen molar-refractivity contribution >= 4 is 21.6 Å². The van der Waals surface area contributed by atoms with E-state index in [1.807, 2.05) is 31.2 Å². The SMILES string of the molecule is CC(CO)(Nc1cccc(F)c1)c1ccc(Br)cc1. The summed E-state index contributed by atoms with van der Waals surface area (Å²) in [6.45, 7) is 1.78. The highest BCUT2D eigenvalue weighted by atomic mass is 79.9. The van der Waals surface area contributed by atoms with E-state index >= 15 is 0 Å². The summed E-state index contributed by atoms with van der Waals surface area (Å²) >= 11 is 3.38. The maximum absolute atomic E-state index is 13.2. The average Bonchev–Trinajstić information content (AvgIpc) is 2.39. The van der Waals surface area contributed by atoms with E-state index in [1.165, 1.54) is 12.1 Å². The third-order valence-electron chi connectivity index (χ3n) is 3.04. The zero-order valence-corrected chi connectivity index (χ0v) is 12.1. The van der Waals surface area contributed by atoms with Gasteiger partial charge in [-0.05, 0) is 42.8 Å². The average molecular weight is 324 g/mol. The first-order valence-corrected chi connectivity index (χ1v) is 6.73. The largest absolute Gasteiger partial charge is 0.394 e. The molecule has 4 heteroatoms. The molecule has 0 fully saturated rings. The number of halogens is 2. The Balaban J connectivity index is 2.29. The van der Waals surface area contributed by atoms with Gasteiger partial charge in [0.1, 0.15) is 5.82 Å². The van der Waals surface area contributed by atoms with Gasteiger partial charge in [0.2, 0.25) is 0 Å². The summed E-state index contributed by atoms with van der Waals surface area (Å²) in [4.78, 5) is 0. The van der Waals surface area contributed by atoms with Crippen molar-refractivity contribution in [3.63, 3.8) is 0 Å². The van der Waals surface area contributed by atoms with Crippen LogP contribution in [0.5, 0.6) is 0 Å². The summed E-state index contributed by atoms with van der Waals surface area (Å²) in [5, 5.41) is 12.8. The number of anilines is 1. The number of hydrogen-bond donors (Lipinski definition) is 2. The zero-order valence-electron chi connectivity index (χ0n) is 10.5. The van der Waals surface area contributed by atoms with E-state index in [0.717, 1.165) is 10.0 Å². The number of benzene rings is 2. The maximum atomic E-state index is 13.2. The highest BCUT2D eigenvalue weighted by Gasteiger charge is 2.25. The molecule has 2 aromatic carbocycles. The van der Waals surface area contributed by atoms with Gasteiger partial charge in [-0.3, -0.25) is 0 Å². The van der Waals surface area contributed by atoms with Gasteiger partial charge in [0.15, 0.2) is 0 Å². The molecule has 0 saturated carbocycles. The molecule has 19 heavy (non-hydrogen) atoms. The first-order chi connectivity index (χ1) is 9.03. The quantitative estimate of drug-likeness (QED) is 0.894. The summed E-state index contributed by atoms with van der Waals surface area (Å²) in [5.41, 5.74) is 0.913. The lowest BCUT2D eigenvalue weighted by atomic mass is 9.92. The van der Waals surface area contributed by atoms with Gasteiger partial charge in [0, 0.05) is 10.2 Å². The molecular weight excluding hydrogens is 309 g/mol. The molecule has 1 unspecified atom stereocenters. The molecule has 0 spiro atoms. The Morgan fingerprint density at radius 1 is 1.21 bits per heavy atom. The van der Waals surface area contributed by atoms with Crippen LogP contribution in [-0.4, -0.2) is 11.7 Å². The van der Waals surface area contributed by atoms with E-state index < -0.39 is 5.54 Å². The molecular formula is C15H15BrFNO. The van der Waals surface area contributed by atoms with E-state index in [-0.39, 0.29) is 12.4 Å². The number of hydrogen-bond acceptors (Lipinski definition) is 2. The minimum atomic E-state index is -0.658. The lowest BCUT2D eigenvalue weighted by Crippen LogP contribution is -2.35. The second-order valence-electron chi connectivity index (χ2n) is 4.63. The van der Waals surface area contributed by atoms with Gasteiger partial charge in [-0.25, -0.2) is 4.39 Å². The standard InChI is InChI=1S/C15H15BrFNO/c1-15(10-19,11-5-7-12(16)8-6-11)18-14-4-2-3-13(17)9-14/h2-9,18-19H,10H2,1H3. The van der Waals surface area contributed by atoms with Crippen molar-refractivity contribution in [2.24, 2.45) is 0 Å². The number of nitrogens with one attached hydrogen (secondary N) is 1. The van der Waals surface area contributed by atoms with E-state index in [4.69, 9.17) is 0 Å². The van der Waals surface area contributed by atoms with Gasteiger partial charge in [0.25, 0.3) is 0 Å². The predicted molar refractivity (Wildman–Crippen MR) is 78.6 cm³/mol. The van der Waals surface area contributed by atoms with Crippen molar-refractivity contribution in [3.8, 4) is 0 Å². The highest BCUT2D eigenvalue weighted by Crippen LogP contribution is 2.27. The van der Waals surface area contributed by atoms with Gasteiger partial charge >= 0.3 is 0 Å². The molecule has 0 aliphatic carbocycles. The molecule has 0 saturated heterocycles. The first kappa shape index (κ1) is 14.0. The van der Waals surface area contributed by atoms with Crippen LogP contribution in [0.2, 0.25) is 0 Å². The van der Waals surface area contributed by atoms with Crippen LogP contribution in [0.25, 0.3) is 0 Å². The van der Waals surface area contributed by atoms with E-state index in [9.17, 15) is 9.50 Å². The highest BCUT2D eigenvalue weighted by molar-refractivity contribution is 9.10. The van der Waals surface area contributed by atoms with Gasteiger partial charge in [0.05, 0.1) is 12.1 Å². The lowest BCUT2D eigenvalue weighted by Gasteiger charge is -2.30. The molecule has 2 aromatic rings. The summed E-state index contributed by atoms with van der Waals surface area (Å²) < 4.78 is 14.2. The van der Waals surface area contributed by atoms with Crippen molar-refractivity contribution < 1.29 is 9.50 Å². The zero-order chi connectivity index (χ0) is 13.9. The van der Waals surface area contributed by atoms with E-state index in [2.05, 4.69) is 21.2 Å². The predicted octanol–water partition coefficient (Wildman–Crippen LogP) is 3.91. The lowest BCUT2D eigenvalue weighted by molar-refractivity contribution is 0.224. The van der Waals surface area contributed by atoms with Crippen molar-refractivity contribution in [2.75, 3.05) is 11.9 Å². The first-order valence-electron chi connectivity index (χ1n) is 5.94. The Labute approximate surface area is 120 Å². The van der Waals surface area contributed by atoms with Crippen LogP contribution in [0, 0.1) is 5.82 Å². The molecule has 0 aliphatic rings. The smallest absolute Gasteiger partial charge is 0.125 e. The molecule has 0 amide bonds. The molecule has 2 nitrogen and oxygen atoms in total. The minimum Gasteiger partial charge on any atom is -0.394 e. The summed E-state index contributed by atoms with van der Waals surface area (Å²) in [5.74, 6) is -0.305. The van der Waals surface area contributed by atoms with E-state index in [0.29, 0.717) is 5.69 Å². The van der Waals surface area contributed by atoms with Crippen molar-refractivity contribution in [3.05, 3.63) is 64.4 Å². The van der Waals surface area contributed by atoms with Crippen molar-refractivity contribution in [1.82, 2.24) is 0 Å². The fraction of sp³-hybridized carbons (Fsp3) is 0.200. The second-order valence-corrected chi connectivity index (χ2v) is 5.55. The number of rotatable bonds is 4. The monoisotopic (exact) mass is 323 g/mol. The summed E-state index contributed by atoms with van der Waals surface area (Å²) in [6, 6.07) is 13.9. The normalized spacial score (nSPS) is 13.9. The van der Waals surface area contributed by atoms with Crippen molar-refractivity contribution in [1.29, 1.82) is 0 Å². The van der Waals surface area contributed by atoms with Gasteiger partial charge in [-0.1, -0.05) is 34.1 Å². The molecule has 0 bridgehead atoms. The Bertz CT molecular complexity index is 558. The summed E-state index contributed by atoms with van der Waals surface area (Å²) in [6.07, 6.45) is 0. The fourth-order valence-corrected chi connectivity index (χ4v) is 2.17. The molecule has 0 radical (unpaired) electrons. The Hall–Kier alpha value is -1.39. The van der Waals surface area contributed by atoms with Gasteiger partial charge in [-0.15, -0.1) is 0 Å². The van der Waals surface area contributed by atoms with Gasteiger partial charge < -0.3 is 10.4 Å². The molecule has 2 rings (SSSR count). The number of aliphatic hydroxyl groups is 1. The van der Waals surface area contributed by atoms with Gasteiger partial charge in [-0.2, -0.15) is 0 Å². The van der Waals surface area contributed by atoms with Crippen LogP contribution in [0.15, 0.2) is 53.0 Å². The Kier molecular flexibility index (Phi) is 4.22. The van der Waals surface area contributed by atoms with Crippen LogP contribution in [0.4, 0.5) is 10.1 Å². The fourth-order valence-electron chi connectivity index (χ4n) is 1.91. The van der Waals surface area contributed by atoms with Crippen LogP contribution in [0.1, 0.15) is 12.5 Å². The maximum Gasteiger partial charge on any atom is 0.125 e. The van der Waals surface area contributed by atoms with Crippen molar-refractivity contribution in [2.45, 2.75) is 12.5 Å². The molecule has 2 N–H and O–H groups in total. The third kappa shape index (κ3) is 3.33. The molecule has 0 aromatic heterocycles. The Morgan fingerprint density at radius 3 is 2.47 bits per heavy atom. The molecule has 1 atom stereocenters. The topological polar surface area (TPSA) is 32.3 Å².